The van der Waals surface area contributed by atoms with Crippen molar-refractivity contribution in [2.75, 3.05) is 0 Å². The maximum absolute atomic E-state index is 11.9. The molecule has 10 nitrogen and oxygen atoms in total. The van der Waals surface area contributed by atoms with Crippen molar-refractivity contribution in [1.29, 1.82) is 0 Å². The lowest BCUT2D eigenvalue weighted by Gasteiger charge is -2.01. The number of benzene rings is 1. The first-order valence-electron chi connectivity index (χ1n) is 5.75. The van der Waals surface area contributed by atoms with Crippen LogP contribution < -0.4 is 11.2 Å². The predicted octanol–water partition coefficient (Wildman–Crippen LogP) is 1.61. The lowest BCUT2D eigenvalue weighted by molar-refractivity contribution is 0.109. The molecule has 0 saturated heterocycles. The maximum Gasteiger partial charge on any atom is 0.514 e. The van der Waals surface area contributed by atoms with Crippen molar-refractivity contribution < 1.29 is 19.4 Å². The number of azo groups is 1. The lowest BCUT2D eigenvalue weighted by Crippen LogP contribution is -2.40. The standard InChI is InChI=1S/C12H8N4O6/c17-9-8(15-14-7-4-2-1-3-5-7)6-13-10(18)16(9)11(19)22-12(20)21/h1-6H,(H,13,18)(H,20,21). The van der Waals surface area contributed by atoms with Crippen molar-refractivity contribution in [2.24, 2.45) is 10.2 Å². The van der Waals surface area contributed by atoms with E-state index in [1.54, 1.807) is 30.3 Å². The van der Waals surface area contributed by atoms with Gasteiger partial charge in [-0.1, -0.05) is 18.2 Å². The maximum atomic E-state index is 11.9. The van der Waals surface area contributed by atoms with Gasteiger partial charge < -0.3 is 14.8 Å². The second kappa shape index (κ2) is 6.26. The van der Waals surface area contributed by atoms with E-state index >= 15 is 0 Å². The Morgan fingerprint density at radius 2 is 1.82 bits per heavy atom. The number of carboxylic acid groups (broad SMARTS) is 1. The van der Waals surface area contributed by atoms with Crippen molar-refractivity contribution in [3.05, 3.63) is 57.4 Å². The molecule has 1 aromatic carbocycles. The van der Waals surface area contributed by atoms with E-state index in [-0.39, 0.29) is 10.3 Å². The van der Waals surface area contributed by atoms with E-state index in [0.717, 1.165) is 6.20 Å². The molecular weight excluding hydrogens is 296 g/mol. The molecule has 2 aromatic rings. The van der Waals surface area contributed by atoms with Gasteiger partial charge in [0.15, 0.2) is 5.69 Å². The highest BCUT2D eigenvalue weighted by atomic mass is 16.7. The first-order chi connectivity index (χ1) is 10.5. The molecule has 0 radical (unpaired) electrons. The van der Waals surface area contributed by atoms with Gasteiger partial charge in [0.2, 0.25) is 0 Å². The Morgan fingerprint density at radius 1 is 1.14 bits per heavy atom. The molecule has 0 atom stereocenters. The molecule has 0 aliphatic heterocycles. The predicted molar refractivity (Wildman–Crippen MR) is 71.8 cm³/mol. The van der Waals surface area contributed by atoms with E-state index in [0.29, 0.717) is 5.69 Å². The van der Waals surface area contributed by atoms with Crippen LogP contribution in [-0.4, -0.2) is 26.9 Å². The van der Waals surface area contributed by atoms with Gasteiger partial charge in [0.1, 0.15) is 0 Å². The van der Waals surface area contributed by atoms with Crippen LogP contribution in [-0.2, 0) is 4.74 Å². The van der Waals surface area contributed by atoms with Crippen LogP contribution >= 0.6 is 0 Å². The van der Waals surface area contributed by atoms with E-state index in [4.69, 9.17) is 5.11 Å². The Balaban J connectivity index is 2.41. The average molecular weight is 304 g/mol. The monoisotopic (exact) mass is 304 g/mol. The fourth-order valence-electron chi connectivity index (χ4n) is 1.43. The number of nitrogens with one attached hydrogen (secondary N) is 1. The Morgan fingerprint density at radius 3 is 2.45 bits per heavy atom. The molecule has 0 bridgehead atoms. The molecular formula is C12H8N4O6. The van der Waals surface area contributed by atoms with Crippen LogP contribution in [0.25, 0.3) is 0 Å². The van der Waals surface area contributed by atoms with Gasteiger partial charge in [0, 0.05) is 6.20 Å². The summed E-state index contributed by atoms with van der Waals surface area (Å²) in [5.74, 6) is 0. The van der Waals surface area contributed by atoms with Crippen molar-refractivity contribution >= 4 is 23.6 Å². The van der Waals surface area contributed by atoms with Gasteiger partial charge in [-0.05, 0) is 12.1 Å². The number of hydrogen-bond acceptors (Lipinski definition) is 7. The summed E-state index contributed by atoms with van der Waals surface area (Å²) < 4.78 is 3.73. The van der Waals surface area contributed by atoms with Gasteiger partial charge in [0.05, 0.1) is 5.69 Å². The molecule has 0 fully saturated rings. The molecule has 0 spiro atoms. The zero-order chi connectivity index (χ0) is 16.1. The van der Waals surface area contributed by atoms with E-state index in [9.17, 15) is 19.2 Å². The number of aromatic amines is 1. The summed E-state index contributed by atoms with van der Waals surface area (Å²) >= 11 is 0. The van der Waals surface area contributed by atoms with E-state index in [2.05, 4.69) is 19.9 Å². The molecule has 0 amide bonds. The minimum absolute atomic E-state index is 0.0343. The quantitative estimate of drug-likeness (QED) is 0.490. The number of carbonyl (C=O) groups excluding carboxylic acids is 1. The van der Waals surface area contributed by atoms with E-state index < -0.39 is 23.5 Å². The van der Waals surface area contributed by atoms with Crippen LogP contribution in [0, 0.1) is 0 Å². The molecule has 10 heteroatoms. The number of carbonyl (C=O) groups is 2. The summed E-state index contributed by atoms with van der Waals surface area (Å²) in [5.41, 5.74) is -2.25. The highest BCUT2D eigenvalue weighted by molar-refractivity contribution is 5.81. The van der Waals surface area contributed by atoms with E-state index in [1.807, 2.05) is 0 Å². The molecule has 1 heterocycles. The third kappa shape index (κ3) is 3.30. The number of nitrogens with zero attached hydrogens (tertiary/aromatic N) is 3. The largest absolute Gasteiger partial charge is 0.514 e. The van der Waals surface area contributed by atoms with Crippen LogP contribution in [0.4, 0.5) is 21.0 Å². The zero-order valence-corrected chi connectivity index (χ0v) is 10.8. The van der Waals surface area contributed by atoms with Crippen LogP contribution in [0.3, 0.4) is 0 Å². The highest BCUT2D eigenvalue weighted by Gasteiger charge is 2.18. The van der Waals surface area contributed by atoms with Crippen LogP contribution in [0.5, 0.6) is 0 Å². The molecule has 2 N–H and O–H groups in total. The summed E-state index contributed by atoms with van der Waals surface area (Å²) in [4.78, 5) is 47.1. The molecule has 112 valence electrons. The molecule has 0 aliphatic rings. The SMILES string of the molecule is O=C(O)OC(=O)n1c(=O)[nH]cc(N=Nc2ccccc2)c1=O. The first kappa shape index (κ1) is 14.8. The van der Waals surface area contributed by atoms with Gasteiger partial charge in [-0.15, -0.1) is 5.11 Å². The van der Waals surface area contributed by atoms with Gasteiger partial charge in [0.25, 0.3) is 5.56 Å². The molecule has 1 aromatic heterocycles. The second-order valence-corrected chi connectivity index (χ2v) is 3.79. The minimum Gasteiger partial charge on any atom is -0.449 e. The van der Waals surface area contributed by atoms with Crippen molar-refractivity contribution in [3.63, 3.8) is 0 Å². The molecule has 0 saturated carbocycles. The summed E-state index contributed by atoms with van der Waals surface area (Å²) in [5, 5.41) is 15.7. The number of ether oxygens (including phenoxy) is 1. The number of aromatic nitrogens is 2. The Hall–Kier alpha value is -3.56. The minimum atomic E-state index is -1.95. The van der Waals surface area contributed by atoms with E-state index in [1.165, 1.54) is 0 Å². The van der Waals surface area contributed by atoms with Gasteiger partial charge >= 0.3 is 17.9 Å². The second-order valence-electron chi connectivity index (χ2n) is 3.79. The lowest BCUT2D eigenvalue weighted by atomic mass is 10.3. The fourth-order valence-corrected chi connectivity index (χ4v) is 1.43. The topological polar surface area (TPSA) is 143 Å². The molecule has 0 unspecified atom stereocenters. The van der Waals surface area contributed by atoms with Crippen LogP contribution in [0.2, 0.25) is 0 Å². The van der Waals surface area contributed by atoms with Crippen molar-refractivity contribution in [2.45, 2.75) is 0 Å². The van der Waals surface area contributed by atoms with Crippen LogP contribution in [0.15, 0.2) is 56.3 Å². The molecule has 22 heavy (non-hydrogen) atoms. The number of hydrogen-bond donors (Lipinski definition) is 2. The fraction of sp³-hybridized carbons (Fsp3) is 0. The summed E-state index contributed by atoms with van der Waals surface area (Å²) in [6.07, 6.45) is -2.66. The summed E-state index contributed by atoms with van der Waals surface area (Å²) in [7, 11) is 0. The molecule has 2 rings (SSSR count). The number of H-pyrrole nitrogens is 1. The summed E-state index contributed by atoms with van der Waals surface area (Å²) in [6, 6.07) is 8.39. The normalized spacial score (nSPS) is 10.5. The van der Waals surface area contributed by atoms with Crippen LogP contribution in [0.1, 0.15) is 0 Å². The summed E-state index contributed by atoms with van der Waals surface area (Å²) in [6.45, 7) is 0. The first-order valence-corrected chi connectivity index (χ1v) is 5.75. The third-order valence-corrected chi connectivity index (χ3v) is 2.34. The average Bonchev–Trinajstić information content (AvgIpc) is 2.47. The Labute approximate surface area is 121 Å². The van der Waals surface area contributed by atoms with Crippen molar-refractivity contribution in [1.82, 2.24) is 9.55 Å². The third-order valence-electron chi connectivity index (χ3n) is 2.34. The van der Waals surface area contributed by atoms with Crippen molar-refractivity contribution in [3.8, 4) is 0 Å². The zero-order valence-electron chi connectivity index (χ0n) is 10.8. The van der Waals surface area contributed by atoms with Gasteiger partial charge in [-0.25, -0.2) is 14.4 Å². The Kier molecular flexibility index (Phi) is 4.22. The molecule has 0 aliphatic carbocycles. The van der Waals surface area contributed by atoms with Gasteiger partial charge in [-0.2, -0.15) is 9.68 Å². The number of rotatable bonds is 2. The smallest absolute Gasteiger partial charge is 0.449 e. The Bertz CT molecular complexity index is 852. The highest BCUT2D eigenvalue weighted by Crippen LogP contribution is 2.13. The van der Waals surface area contributed by atoms with Gasteiger partial charge in [-0.3, -0.25) is 4.79 Å².